The molecule has 0 aromatic heterocycles. The minimum absolute atomic E-state index is 1.27. The van der Waals surface area contributed by atoms with E-state index in [1.807, 2.05) is 0 Å². The van der Waals surface area contributed by atoms with Crippen molar-refractivity contribution in [3.8, 4) is 33.4 Å². The van der Waals surface area contributed by atoms with E-state index in [0.717, 1.165) is 0 Å². The Morgan fingerprint density at radius 1 is 0.356 bits per heavy atom. The van der Waals surface area contributed by atoms with Crippen LogP contribution >= 0.6 is 0 Å². The zero-order valence-corrected chi connectivity index (χ0v) is 26.2. The summed E-state index contributed by atoms with van der Waals surface area (Å²) >= 11 is 0. The first-order valence-corrected chi connectivity index (χ1v) is 18.8. The molecular formula is C44H32Si. The second-order valence-electron chi connectivity index (χ2n) is 13.2. The molecule has 0 N–H and O–H groups in total. The van der Waals surface area contributed by atoms with E-state index in [0.29, 0.717) is 0 Å². The third-order valence-corrected chi connectivity index (χ3v) is 16.3. The monoisotopic (exact) mass is 588 g/mol. The molecule has 0 unspecified atom stereocenters. The van der Waals surface area contributed by atoms with Crippen LogP contribution in [0.1, 0.15) is 12.8 Å². The Hall–Kier alpha value is -4.98. The summed E-state index contributed by atoms with van der Waals surface area (Å²) < 4.78 is 0. The molecule has 0 saturated carbocycles. The lowest BCUT2D eigenvalue weighted by Crippen LogP contribution is -2.52. The minimum atomic E-state index is -1.71. The number of fused-ring (bicyclic) bond motifs is 11. The Bertz CT molecular complexity index is 2500. The predicted octanol–water partition coefficient (Wildman–Crippen LogP) is 11.0. The molecule has 1 heteroatoms. The fraction of sp³-hybridized carbons (Fsp3) is 0.0909. The summed E-state index contributed by atoms with van der Waals surface area (Å²) in [4.78, 5) is 0. The molecule has 2 aliphatic rings. The van der Waals surface area contributed by atoms with Crippen molar-refractivity contribution in [2.75, 3.05) is 0 Å². The van der Waals surface area contributed by atoms with Gasteiger partial charge in [0.1, 0.15) is 8.07 Å². The summed E-state index contributed by atoms with van der Waals surface area (Å²) in [5.41, 5.74) is 8.27. The van der Waals surface area contributed by atoms with Gasteiger partial charge in [-0.15, -0.1) is 0 Å². The van der Waals surface area contributed by atoms with E-state index in [1.54, 1.807) is 10.4 Å². The maximum Gasteiger partial charge on any atom is 0.119 e. The standard InChI is InChI=1S/C44H32Si/c1-2-12-30-25-31(20-19-29(30)11-1)40-26-33-27-41(35-14-4-6-17-39(35)44(33)38-16-5-3-13-34(38)40)32-21-22-37-36-15-7-8-18-42(36)45(43(37)28-32)23-9-10-24-45/h1-8,11-22,25-28H,9-10,23-24H2. The van der Waals surface area contributed by atoms with E-state index in [4.69, 9.17) is 0 Å². The molecule has 45 heavy (non-hydrogen) atoms. The molecule has 212 valence electrons. The van der Waals surface area contributed by atoms with Gasteiger partial charge in [0.15, 0.2) is 0 Å². The second-order valence-corrected chi connectivity index (χ2v) is 17.4. The topological polar surface area (TPSA) is 0 Å². The molecule has 8 aromatic rings. The lowest BCUT2D eigenvalue weighted by molar-refractivity contribution is 0.935. The zero-order valence-electron chi connectivity index (χ0n) is 25.2. The van der Waals surface area contributed by atoms with Crippen molar-refractivity contribution in [3.63, 3.8) is 0 Å². The molecule has 0 bridgehead atoms. The van der Waals surface area contributed by atoms with Gasteiger partial charge in [-0.1, -0.05) is 140 Å². The molecule has 10 rings (SSSR count). The molecule has 1 spiro atoms. The smallest absolute Gasteiger partial charge is 0.0623 e. The molecule has 2 heterocycles. The van der Waals surface area contributed by atoms with Gasteiger partial charge < -0.3 is 0 Å². The maximum absolute atomic E-state index is 2.62. The van der Waals surface area contributed by atoms with Crippen molar-refractivity contribution < 1.29 is 0 Å². The first-order valence-electron chi connectivity index (χ1n) is 16.4. The van der Waals surface area contributed by atoms with Crippen LogP contribution in [0.4, 0.5) is 0 Å². The third kappa shape index (κ3) is 3.59. The summed E-state index contributed by atoms with van der Waals surface area (Å²) in [7, 11) is -1.71. The highest BCUT2D eigenvalue weighted by Crippen LogP contribution is 2.44. The molecule has 1 saturated heterocycles. The van der Waals surface area contributed by atoms with Crippen LogP contribution in [-0.4, -0.2) is 8.07 Å². The van der Waals surface area contributed by atoms with E-state index in [1.165, 1.54) is 101 Å². The Labute approximate surface area is 264 Å². The first kappa shape index (κ1) is 25.4. The van der Waals surface area contributed by atoms with Crippen LogP contribution < -0.4 is 10.4 Å². The molecule has 8 aromatic carbocycles. The highest BCUT2D eigenvalue weighted by Gasteiger charge is 2.47. The van der Waals surface area contributed by atoms with Crippen LogP contribution in [0.5, 0.6) is 0 Å². The largest absolute Gasteiger partial charge is 0.119 e. The zero-order chi connectivity index (χ0) is 29.5. The van der Waals surface area contributed by atoms with E-state index >= 15 is 0 Å². The van der Waals surface area contributed by atoms with Gasteiger partial charge in [-0.3, -0.25) is 0 Å². The van der Waals surface area contributed by atoms with Crippen LogP contribution in [-0.2, 0) is 0 Å². The molecule has 0 aliphatic carbocycles. The number of rotatable bonds is 2. The molecule has 0 atom stereocenters. The number of hydrogen-bond acceptors (Lipinski definition) is 0. The molecule has 1 fully saturated rings. The van der Waals surface area contributed by atoms with E-state index in [-0.39, 0.29) is 0 Å². The fourth-order valence-corrected chi connectivity index (χ4v) is 14.6. The molecular weight excluding hydrogens is 557 g/mol. The van der Waals surface area contributed by atoms with Crippen molar-refractivity contribution in [3.05, 3.63) is 146 Å². The maximum atomic E-state index is 2.62. The highest BCUT2D eigenvalue weighted by molar-refractivity contribution is 7.06. The van der Waals surface area contributed by atoms with Crippen molar-refractivity contribution >= 4 is 61.5 Å². The second kappa shape index (κ2) is 9.51. The Balaban J connectivity index is 1.25. The average Bonchev–Trinajstić information content (AvgIpc) is 3.71. The van der Waals surface area contributed by atoms with Gasteiger partial charge in [-0.25, -0.2) is 0 Å². The van der Waals surface area contributed by atoms with Gasteiger partial charge in [0.2, 0.25) is 0 Å². The van der Waals surface area contributed by atoms with Crippen molar-refractivity contribution in [1.82, 2.24) is 0 Å². The normalized spacial score (nSPS) is 14.9. The van der Waals surface area contributed by atoms with Crippen LogP contribution in [0.3, 0.4) is 0 Å². The predicted molar refractivity (Wildman–Crippen MR) is 197 cm³/mol. The van der Waals surface area contributed by atoms with Crippen molar-refractivity contribution in [1.29, 1.82) is 0 Å². The first-order chi connectivity index (χ1) is 22.3. The van der Waals surface area contributed by atoms with Crippen LogP contribution in [0.2, 0.25) is 12.1 Å². The quantitative estimate of drug-likeness (QED) is 0.139. The van der Waals surface area contributed by atoms with Gasteiger partial charge in [0.25, 0.3) is 0 Å². The highest BCUT2D eigenvalue weighted by atomic mass is 28.3. The minimum Gasteiger partial charge on any atom is -0.0623 e. The van der Waals surface area contributed by atoms with Crippen LogP contribution in [0.25, 0.3) is 76.5 Å². The molecule has 0 radical (unpaired) electrons. The third-order valence-electron chi connectivity index (χ3n) is 11.0. The van der Waals surface area contributed by atoms with Crippen molar-refractivity contribution in [2.45, 2.75) is 24.9 Å². The Morgan fingerprint density at radius 3 is 1.64 bits per heavy atom. The van der Waals surface area contributed by atoms with E-state index in [2.05, 4.69) is 146 Å². The van der Waals surface area contributed by atoms with Gasteiger partial charge >= 0.3 is 0 Å². The van der Waals surface area contributed by atoms with Gasteiger partial charge in [-0.05, 0) is 117 Å². The summed E-state index contributed by atoms with van der Waals surface area (Å²) in [6.45, 7) is 0. The summed E-state index contributed by atoms with van der Waals surface area (Å²) in [6, 6.07) is 58.2. The van der Waals surface area contributed by atoms with Crippen molar-refractivity contribution in [2.24, 2.45) is 0 Å². The lowest BCUT2D eigenvalue weighted by atomic mass is 9.87. The van der Waals surface area contributed by atoms with Gasteiger partial charge in [-0.2, -0.15) is 0 Å². The van der Waals surface area contributed by atoms with Crippen LogP contribution in [0.15, 0.2) is 146 Å². The summed E-state index contributed by atoms with van der Waals surface area (Å²) in [6.07, 6.45) is 2.74. The van der Waals surface area contributed by atoms with Crippen LogP contribution in [0, 0.1) is 0 Å². The van der Waals surface area contributed by atoms with E-state index < -0.39 is 8.07 Å². The van der Waals surface area contributed by atoms with Gasteiger partial charge in [0, 0.05) is 0 Å². The lowest BCUT2D eigenvalue weighted by Gasteiger charge is -2.24. The average molecular weight is 589 g/mol. The summed E-state index contributed by atoms with van der Waals surface area (Å²) in [5.74, 6) is 0. The Morgan fingerprint density at radius 2 is 0.911 bits per heavy atom. The fourth-order valence-electron chi connectivity index (χ4n) is 8.96. The molecule has 0 nitrogen and oxygen atoms in total. The Kier molecular flexibility index (Phi) is 5.36. The molecule has 0 amide bonds. The van der Waals surface area contributed by atoms with Gasteiger partial charge in [0.05, 0.1) is 0 Å². The summed E-state index contributed by atoms with van der Waals surface area (Å²) in [5, 5.41) is 13.9. The SMILES string of the molecule is c1ccc2c(c1)-c1ccc(-c3cc4cc(-c5ccc6ccccc6c5)c5ccccc5c4c4ccccc34)cc1[Si]21CCCC1. The molecule has 2 aliphatic heterocycles. The number of hydrogen-bond donors (Lipinski definition) is 0. The van der Waals surface area contributed by atoms with E-state index in [9.17, 15) is 0 Å². The number of benzene rings is 8.